The standard InChI is InChI=1S/C15H15BrS/c1-15(2,12-6-4-3-5-7-12)17-14-10-8-13(16)9-11-14/h3-11H,1-2H3. The summed E-state index contributed by atoms with van der Waals surface area (Å²) in [5, 5.41) is 0. The summed E-state index contributed by atoms with van der Waals surface area (Å²) in [4.78, 5) is 1.29. The van der Waals surface area contributed by atoms with Crippen molar-refractivity contribution in [2.24, 2.45) is 0 Å². The minimum Gasteiger partial charge on any atom is -0.115 e. The fraction of sp³-hybridized carbons (Fsp3) is 0.200. The van der Waals surface area contributed by atoms with E-state index in [0.29, 0.717) is 0 Å². The van der Waals surface area contributed by atoms with Gasteiger partial charge in [-0.1, -0.05) is 46.3 Å². The van der Waals surface area contributed by atoms with Gasteiger partial charge < -0.3 is 0 Å². The molecule has 0 aliphatic heterocycles. The normalized spacial score (nSPS) is 11.5. The molecule has 0 aliphatic rings. The molecule has 0 aromatic heterocycles. The smallest absolute Gasteiger partial charge is 0.0399 e. The lowest BCUT2D eigenvalue weighted by Crippen LogP contribution is -2.11. The molecule has 17 heavy (non-hydrogen) atoms. The molecule has 0 N–H and O–H groups in total. The lowest BCUT2D eigenvalue weighted by Gasteiger charge is -2.24. The molecule has 2 heteroatoms. The molecule has 2 aromatic rings. The Bertz CT molecular complexity index is 474. The summed E-state index contributed by atoms with van der Waals surface area (Å²) in [5.41, 5.74) is 1.35. The highest BCUT2D eigenvalue weighted by Crippen LogP contribution is 2.40. The van der Waals surface area contributed by atoms with E-state index in [2.05, 4.69) is 84.4 Å². The summed E-state index contributed by atoms with van der Waals surface area (Å²) in [6.45, 7) is 4.52. The minimum atomic E-state index is 0.0924. The molecule has 0 unspecified atom stereocenters. The first-order valence-electron chi connectivity index (χ1n) is 5.58. The average Bonchev–Trinajstić information content (AvgIpc) is 2.33. The highest BCUT2D eigenvalue weighted by molar-refractivity contribution is 9.10. The Labute approximate surface area is 116 Å². The Balaban J connectivity index is 2.20. The maximum absolute atomic E-state index is 3.46. The summed E-state index contributed by atoms with van der Waals surface area (Å²) >= 11 is 5.35. The van der Waals surface area contributed by atoms with Gasteiger partial charge in [0.25, 0.3) is 0 Å². The second kappa shape index (κ2) is 5.28. The van der Waals surface area contributed by atoms with Crippen molar-refractivity contribution in [3.05, 3.63) is 64.6 Å². The van der Waals surface area contributed by atoms with Crippen LogP contribution in [0.3, 0.4) is 0 Å². The van der Waals surface area contributed by atoms with Crippen LogP contribution in [0.2, 0.25) is 0 Å². The Morgan fingerprint density at radius 1 is 0.882 bits per heavy atom. The van der Waals surface area contributed by atoms with Crippen molar-refractivity contribution >= 4 is 27.7 Å². The van der Waals surface area contributed by atoms with E-state index in [9.17, 15) is 0 Å². The Hall–Kier alpha value is -0.730. The summed E-state index contributed by atoms with van der Waals surface area (Å²) in [6, 6.07) is 19.1. The van der Waals surface area contributed by atoms with Crippen molar-refractivity contribution in [1.29, 1.82) is 0 Å². The van der Waals surface area contributed by atoms with Crippen molar-refractivity contribution in [3.63, 3.8) is 0 Å². The minimum absolute atomic E-state index is 0.0924. The lowest BCUT2D eigenvalue weighted by molar-refractivity contribution is 0.782. The van der Waals surface area contributed by atoms with Gasteiger partial charge in [0, 0.05) is 14.1 Å². The number of rotatable bonds is 3. The molecule has 88 valence electrons. The van der Waals surface area contributed by atoms with Crippen LogP contribution < -0.4 is 0 Å². The fourth-order valence-corrected chi connectivity index (χ4v) is 3.08. The fourth-order valence-electron chi connectivity index (χ4n) is 1.70. The van der Waals surface area contributed by atoms with Gasteiger partial charge in [-0.05, 0) is 43.7 Å². The third-order valence-electron chi connectivity index (χ3n) is 2.66. The second-order valence-corrected chi connectivity index (χ2v) is 7.04. The molecular weight excluding hydrogens is 292 g/mol. The quantitative estimate of drug-likeness (QED) is 0.677. The van der Waals surface area contributed by atoms with Crippen LogP contribution in [0.25, 0.3) is 0 Å². The molecule has 2 rings (SSSR count). The summed E-state index contributed by atoms with van der Waals surface area (Å²) < 4.78 is 1.22. The first-order valence-corrected chi connectivity index (χ1v) is 7.19. The highest BCUT2D eigenvalue weighted by atomic mass is 79.9. The van der Waals surface area contributed by atoms with E-state index in [1.807, 2.05) is 11.8 Å². The summed E-state index contributed by atoms with van der Waals surface area (Å²) in [5.74, 6) is 0. The molecular formula is C15H15BrS. The van der Waals surface area contributed by atoms with Crippen LogP contribution in [0, 0.1) is 0 Å². The third-order valence-corrected chi connectivity index (χ3v) is 4.44. The van der Waals surface area contributed by atoms with Gasteiger partial charge in [-0.2, -0.15) is 0 Å². The van der Waals surface area contributed by atoms with E-state index in [-0.39, 0.29) is 4.75 Å². The van der Waals surface area contributed by atoms with Crippen LogP contribution in [-0.4, -0.2) is 0 Å². The number of benzene rings is 2. The van der Waals surface area contributed by atoms with Gasteiger partial charge in [-0.15, -0.1) is 11.8 Å². The zero-order valence-corrected chi connectivity index (χ0v) is 12.4. The third kappa shape index (κ3) is 3.36. The van der Waals surface area contributed by atoms with Crippen molar-refractivity contribution in [2.45, 2.75) is 23.5 Å². The zero-order chi connectivity index (χ0) is 12.3. The summed E-state index contributed by atoms with van der Waals surface area (Å²) in [7, 11) is 0. The highest BCUT2D eigenvalue weighted by Gasteiger charge is 2.21. The Morgan fingerprint density at radius 3 is 2.06 bits per heavy atom. The predicted octanol–water partition coefficient (Wildman–Crippen LogP) is 5.48. The van der Waals surface area contributed by atoms with Crippen molar-refractivity contribution in [3.8, 4) is 0 Å². The Kier molecular flexibility index (Phi) is 3.95. The molecule has 2 aromatic carbocycles. The van der Waals surface area contributed by atoms with Gasteiger partial charge in [-0.25, -0.2) is 0 Å². The topological polar surface area (TPSA) is 0 Å². The van der Waals surface area contributed by atoms with Gasteiger partial charge in [0.05, 0.1) is 0 Å². The second-order valence-electron chi connectivity index (χ2n) is 4.43. The molecule has 0 amide bonds. The number of hydrogen-bond donors (Lipinski definition) is 0. The van der Waals surface area contributed by atoms with Crippen LogP contribution in [-0.2, 0) is 4.75 Å². The molecule has 0 aliphatic carbocycles. The first-order chi connectivity index (χ1) is 8.08. The molecule has 0 fully saturated rings. The van der Waals surface area contributed by atoms with Crippen LogP contribution in [0.4, 0.5) is 0 Å². The van der Waals surface area contributed by atoms with Crippen LogP contribution in [0.1, 0.15) is 19.4 Å². The van der Waals surface area contributed by atoms with Gasteiger partial charge in [0.2, 0.25) is 0 Å². The SMILES string of the molecule is CC(C)(Sc1ccc(Br)cc1)c1ccccc1. The van der Waals surface area contributed by atoms with Crippen LogP contribution in [0.5, 0.6) is 0 Å². The largest absolute Gasteiger partial charge is 0.115 e. The van der Waals surface area contributed by atoms with E-state index in [0.717, 1.165) is 4.47 Å². The van der Waals surface area contributed by atoms with Gasteiger partial charge in [0.1, 0.15) is 0 Å². The predicted molar refractivity (Wildman–Crippen MR) is 79.5 cm³/mol. The molecule has 0 spiro atoms. The van der Waals surface area contributed by atoms with Gasteiger partial charge in [0.15, 0.2) is 0 Å². The van der Waals surface area contributed by atoms with Gasteiger partial charge >= 0.3 is 0 Å². The molecule has 0 heterocycles. The van der Waals surface area contributed by atoms with E-state index in [1.165, 1.54) is 10.5 Å². The molecule has 0 saturated carbocycles. The molecule has 0 radical (unpaired) electrons. The van der Waals surface area contributed by atoms with Crippen molar-refractivity contribution < 1.29 is 0 Å². The van der Waals surface area contributed by atoms with E-state index < -0.39 is 0 Å². The van der Waals surface area contributed by atoms with Crippen molar-refractivity contribution in [2.75, 3.05) is 0 Å². The van der Waals surface area contributed by atoms with Crippen molar-refractivity contribution in [1.82, 2.24) is 0 Å². The number of halogens is 1. The number of thioether (sulfide) groups is 1. The molecule has 0 saturated heterocycles. The lowest BCUT2D eigenvalue weighted by atomic mass is 10.0. The zero-order valence-electron chi connectivity index (χ0n) is 9.98. The number of hydrogen-bond acceptors (Lipinski definition) is 1. The van der Waals surface area contributed by atoms with Crippen LogP contribution in [0.15, 0.2) is 64.0 Å². The Morgan fingerprint density at radius 2 is 1.47 bits per heavy atom. The first kappa shape index (κ1) is 12.7. The van der Waals surface area contributed by atoms with Crippen LogP contribution >= 0.6 is 27.7 Å². The maximum atomic E-state index is 3.46. The molecule has 0 nitrogen and oxygen atoms in total. The molecule has 0 bridgehead atoms. The monoisotopic (exact) mass is 306 g/mol. The average molecular weight is 307 g/mol. The molecule has 0 atom stereocenters. The van der Waals surface area contributed by atoms with E-state index >= 15 is 0 Å². The summed E-state index contributed by atoms with van der Waals surface area (Å²) in [6.07, 6.45) is 0. The van der Waals surface area contributed by atoms with E-state index in [4.69, 9.17) is 0 Å². The van der Waals surface area contributed by atoms with E-state index in [1.54, 1.807) is 0 Å². The maximum Gasteiger partial charge on any atom is 0.0399 e. The van der Waals surface area contributed by atoms with Gasteiger partial charge in [-0.3, -0.25) is 0 Å².